The zero-order valence-electron chi connectivity index (χ0n) is 8.43. The summed E-state index contributed by atoms with van der Waals surface area (Å²) in [5.74, 6) is 0.696. The van der Waals surface area contributed by atoms with Crippen molar-refractivity contribution in [3.8, 4) is 0 Å². The lowest BCUT2D eigenvalue weighted by Gasteiger charge is -2.40. The molecule has 0 spiro atoms. The molecule has 0 amide bonds. The Labute approximate surface area is 75.2 Å². The van der Waals surface area contributed by atoms with Crippen molar-refractivity contribution < 1.29 is 9.47 Å². The molecule has 1 fully saturated rings. The molecule has 72 valence electrons. The second-order valence-corrected chi connectivity index (χ2v) is 4.06. The van der Waals surface area contributed by atoms with Gasteiger partial charge in [-0.05, 0) is 18.8 Å². The molecule has 1 rings (SSSR count). The van der Waals surface area contributed by atoms with Crippen LogP contribution >= 0.6 is 0 Å². The monoisotopic (exact) mass is 172 g/mol. The van der Waals surface area contributed by atoms with Crippen LogP contribution in [0.1, 0.15) is 26.7 Å². The molecule has 1 saturated heterocycles. The van der Waals surface area contributed by atoms with Crippen molar-refractivity contribution in [2.75, 3.05) is 26.9 Å². The van der Waals surface area contributed by atoms with Gasteiger partial charge in [0.25, 0.3) is 0 Å². The van der Waals surface area contributed by atoms with Crippen LogP contribution in [0.2, 0.25) is 0 Å². The predicted octanol–water partition coefficient (Wildman–Crippen LogP) is 2.09. The van der Waals surface area contributed by atoms with Crippen molar-refractivity contribution in [2.45, 2.75) is 26.7 Å². The molecular formula is C10H20O2. The summed E-state index contributed by atoms with van der Waals surface area (Å²) in [6, 6.07) is 0. The van der Waals surface area contributed by atoms with E-state index in [1.807, 2.05) is 0 Å². The van der Waals surface area contributed by atoms with Crippen LogP contribution < -0.4 is 0 Å². The molecule has 0 bridgehead atoms. The number of hydrogen-bond donors (Lipinski definition) is 0. The highest BCUT2D eigenvalue weighted by molar-refractivity contribution is 4.84. The van der Waals surface area contributed by atoms with Crippen molar-refractivity contribution in [3.63, 3.8) is 0 Å². The molecule has 1 heterocycles. The second-order valence-electron chi connectivity index (χ2n) is 4.06. The number of methoxy groups -OCH3 is 1. The van der Waals surface area contributed by atoms with Crippen LogP contribution in [0.4, 0.5) is 0 Å². The number of ether oxygens (including phenoxy) is 2. The van der Waals surface area contributed by atoms with Gasteiger partial charge >= 0.3 is 0 Å². The minimum Gasteiger partial charge on any atom is -0.384 e. The molecule has 1 aliphatic rings. The van der Waals surface area contributed by atoms with Gasteiger partial charge in [0.2, 0.25) is 0 Å². The summed E-state index contributed by atoms with van der Waals surface area (Å²) >= 11 is 0. The third kappa shape index (κ3) is 1.99. The summed E-state index contributed by atoms with van der Waals surface area (Å²) in [5.41, 5.74) is 0.382. The third-order valence-corrected chi connectivity index (χ3v) is 3.15. The fourth-order valence-electron chi connectivity index (χ4n) is 1.95. The number of rotatable bonds is 3. The Morgan fingerprint density at radius 3 is 2.33 bits per heavy atom. The van der Waals surface area contributed by atoms with E-state index >= 15 is 0 Å². The van der Waals surface area contributed by atoms with Crippen molar-refractivity contribution in [1.82, 2.24) is 0 Å². The van der Waals surface area contributed by atoms with E-state index in [2.05, 4.69) is 13.8 Å². The van der Waals surface area contributed by atoms with Crippen molar-refractivity contribution in [3.05, 3.63) is 0 Å². The lowest BCUT2D eigenvalue weighted by atomic mass is 9.72. The Morgan fingerprint density at radius 1 is 1.33 bits per heavy atom. The maximum absolute atomic E-state index is 5.37. The Kier molecular flexibility index (Phi) is 3.53. The van der Waals surface area contributed by atoms with E-state index in [9.17, 15) is 0 Å². The lowest BCUT2D eigenvalue weighted by Crippen LogP contribution is -2.38. The van der Waals surface area contributed by atoms with Gasteiger partial charge in [0.15, 0.2) is 0 Å². The van der Waals surface area contributed by atoms with E-state index < -0.39 is 0 Å². The minimum absolute atomic E-state index is 0.382. The fourth-order valence-corrected chi connectivity index (χ4v) is 1.95. The molecular weight excluding hydrogens is 152 g/mol. The van der Waals surface area contributed by atoms with Gasteiger partial charge < -0.3 is 9.47 Å². The van der Waals surface area contributed by atoms with Gasteiger partial charge in [-0.3, -0.25) is 0 Å². The van der Waals surface area contributed by atoms with E-state index in [0.29, 0.717) is 11.3 Å². The Bertz CT molecular complexity index is 120. The topological polar surface area (TPSA) is 18.5 Å². The van der Waals surface area contributed by atoms with Gasteiger partial charge in [0, 0.05) is 25.7 Å². The van der Waals surface area contributed by atoms with Gasteiger partial charge in [0.1, 0.15) is 0 Å². The van der Waals surface area contributed by atoms with Gasteiger partial charge in [0.05, 0.1) is 6.61 Å². The molecule has 0 aromatic carbocycles. The maximum Gasteiger partial charge on any atom is 0.0522 e. The zero-order valence-corrected chi connectivity index (χ0v) is 8.43. The van der Waals surface area contributed by atoms with Crippen molar-refractivity contribution in [1.29, 1.82) is 0 Å². The molecule has 0 aromatic rings. The smallest absolute Gasteiger partial charge is 0.0522 e. The van der Waals surface area contributed by atoms with Crippen LogP contribution in [0, 0.1) is 11.3 Å². The highest BCUT2D eigenvalue weighted by atomic mass is 16.5. The summed E-state index contributed by atoms with van der Waals surface area (Å²) < 4.78 is 10.7. The second kappa shape index (κ2) is 4.24. The van der Waals surface area contributed by atoms with Gasteiger partial charge in [-0.25, -0.2) is 0 Å². The molecule has 12 heavy (non-hydrogen) atoms. The molecule has 0 aromatic heterocycles. The van der Waals surface area contributed by atoms with Gasteiger partial charge in [-0.1, -0.05) is 13.8 Å². The van der Waals surface area contributed by atoms with Crippen molar-refractivity contribution >= 4 is 0 Å². The first-order valence-corrected chi connectivity index (χ1v) is 4.78. The normalized spacial score (nSPS) is 23.0. The molecule has 0 radical (unpaired) electrons. The van der Waals surface area contributed by atoms with E-state index in [4.69, 9.17) is 9.47 Å². The van der Waals surface area contributed by atoms with E-state index in [0.717, 1.165) is 32.7 Å². The molecule has 0 aliphatic carbocycles. The first-order valence-electron chi connectivity index (χ1n) is 4.78. The Balaban J connectivity index is 2.56. The average molecular weight is 172 g/mol. The Hall–Kier alpha value is -0.0800. The first-order chi connectivity index (χ1) is 5.71. The quantitative estimate of drug-likeness (QED) is 0.649. The highest BCUT2D eigenvalue weighted by Gasteiger charge is 2.35. The molecule has 2 nitrogen and oxygen atoms in total. The lowest BCUT2D eigenvalue weighted by molar-refractivity contribution is -0.0527. The SMILES string of the molecule is COCC1(C(C)C)CCOCC1. The van der Waals surface area contributed by atoms with Crippen LogP contribution in [0.15, 0.2) is 0 Å². The van der Waals surface area contributed by atoms with E-state index in [1.165, 1.54) is 0 Å². The van der Waals surface area contributed by atoms with Crippen LogP contribution in [0.5, 0.6) is 0 Å². The van der Waals surface area contributed by atoms with E-state index in [-0.39, 0.29) is 0 Å². The predicted molar refractivity (Wildman–Crippen MR) is 49.2 cm³/mol. The average Bonchev–Trinajstić information content (AvgIpc) is 2.06. The van der Waals surface area contributed by atoms with E-state index in [1.54, 1.807) is 7.11 Å². The fraction of sp³-hybridized carbons (Fsp3) is 1.00. The molecule has 0 atom stereocenters. The molecule has 1 aliphatic heterocycles. The largest absolute Gasteiger partial charge is 0.384 e. The summed E-state index contributed by atoms with van der Waals surface area (Å²) in [7, 11) is 1.79. The summed E-state index contributed by atoms with van der Waals surface area (Å²) in [6.45, 7) is 7.26. The van der Waals surface area contributed by atoms with Crippen LogP contribution in [-0.2, 0) is 9.47 Å². The molecule has 0 unspecified atom stereocenters. The number of hydrogen-bond acceptors (Lipinski definition) is 2. The highest BCUT2D eigenvalue weighted by Crippen LogP contribution is 2.38. The first kappa shape index (κ1) is 10.0. The van der Waals surface area contributed by atoms with Crippen LogP contribution in [0.3, 0.4) is 0 Å². The summed E-state index contributed by atoms with van der Waals surface area (Å²) in [4.78, 5) is 0. The van der Waals surface area contributed by atoms with Crippen molar-refractivity contribution in [2.24, 2.45) is 11.3 Å². The standard InChI is InChI=1S/C10H20O2/c1-9(2)10(8-11-3)4-6-12-7-5-10/h9H,4-8H2,1-3H3. The summed E-state index contributed by atoms with van der Waals surface area (Å²) in [5, 5.41) is 0. The molecule has 2 heteroatoms. The summed E-state index contributed by atoms with van der Waals surface area (Å²) in [6.07, 6.45) is 2.30. The molecule has 0 saturated carbocycles. The zero-order chi connectivity index (χ0) is 9.03. The van der Waals surface area contributed by atoms with Gasteiger partial charge in [-0.2, -0.15) is 0 Å². The van der Waals surface area contributed by atoms with Crippen LogP contribution in [-0.4, -0.2) is 26.9 Å². The Morgan fingerprint density at radius 2 is 1.92 bits per heavy atom. The van der Waals surface area contributed by atoms with Gasteiger partial charge in [-0.15, -0.1) is 0 Å². The minimum atomic E-state index is 0.382. The molecule has 0 N–H and O–H groups in total. The maximum atomic E-state index is 5.37. The third-order valence-electron chi connectivity index (χ3n) is 3.15. The van der Waals surface area contributed by atoms with Crippen LogP contribution in [0.25, 0.3) is 0 Å².